The number of nitrogens with zero attached hydrogens (tertiary/aromatic N) is 2. The number of hydrogen-bond acceptors (Lipinski definition) is 3. The Hall–Kier alpha value is -0.880. The van der Waals surface area contributed by atoms with Crippen molar-refractivity contribution in [3.05, 3.63) is 22.7 Å². The first-order valence-electron chi connectivity index (χ1n) is 4.97. The number of anilines is 1. The fourth-order valence-electron chi connectivity index (χ4n) is 1.83. The summed E-state index contributed by atoms with van der Waals surface area (Å²) in [6.45, 7) is 0. The van der Waals surface area contributed by atoms with Gasteiger partial charge in [0, 0.05) is 10.5 Å². The van der Waals surface area contributed by atoms with Gasteiger partial charge in [-0.15, -0.1) is 4.40 Å². The molecule has 0 amide bonds. The number of hydrogen-bond donors (Lipinski definition) is 0. The van der Waals surface area contributed by atoms with Crippen molar-refractivity contribution in [3.63, 3.8) is 0 Å². The van der Waals surface area contributed by atoms with Gasteiger partial charge < -0.3 is 4.90 Å². The van der Waals surface area contributed by atoms with Gasteiger partial charge in [0.05, 0.1) is 5.69 Å². The largest absolute Gasteiger partial charge is 0.327 e. The van der Waals surface area contributed by atoms with Crippen LogP contribution in [0.3, 0.4) is 0 Å². The molecule has 1 aliphatic heterocycles. The Balaban J connectivity index is 2.26. The molecule has 3 rings (SSSR count). The lowest BCUT2D eigenvalue weighted by Gasteiger charge is -2.25. The summed E-state index contributed by atoms with van der Waals surface area (Å²) < 4.78 is 27.9. The third-order valence-corrected chi connectivity index (χ3v) is 4.97. The summed E-state index contributed by atoms with van der Waals surface area (Å²) in [5, 5.41) is 0. The Morgan fingerprint density at radius 3 is 2.81 bits per heavy atom. The van der Waals surface area contributed by atoms with Gasteiger partial charge in [-0.05, 0) is 40.9 Å². The summed E-state index contributed by atoms with van der Waals surface area (Å²) in [5.74, 6) is 0. The van der Waals surface area contributed by atoms with E-state index in [-0.39, 0.29) is 4.90 Å². The van der Waals surface area contributed by atoms with Crippen LogP contribution in [-0.4, -0.2) is 20.8 Å². The van der Waals surface area contributed by atoms with E-state index < -0.39 is 10.0 Å². The van der Waals surface area contributed by atoms with Crippen molar-refractivity contribution in [2.75, 3.05) is 4.90 Å². The molecule has 2 aliphatic rings. The van der Waals surface area contributed by atoms with E-state index in [1.807, 2.05) is 17.0 Å². The van der Waals surface area contributed by atoms with Crippen LogP contribution < -0.4 is 4.90 Å². The molecule has 4 nitrogen and oxygen atoms in total. The van der Waals surface area contributed by atoms with Gasteiger partial charge in [0.1, 0.15) is 11.2 Å². The first-order valence-corrected chi connectivity index (χ1v) is 7.20. The highest BCUT2D eigenvalue weighted by atomic mass is 79.9. The van der Waals surface area contributed by atoms with Gasteiger partial charge in [0.25, 0.3) is 10.0 Å². The molecule has 1 fully saturated rings. The van der Waals surface area contributed by atoms with Crippen LogP contribution in [0.1, 0.15) is 12.8 Å². The summed E-state index contributed by atoms with van der Waals surface area (Å²) in [7, 11) is -3.53. The summed E-state index contributed by atoms with van der Waals surface area (Å²) in [4.78, 5) is 2.23. The number of fused-ring (bicyclic) bond motifs is 1. The zero-order valence-corrected chi connectivity index (χ0v) is 10.7. The van der Waals surface area contributed by atoms with Crippen LogP contribution in [0.4, 0.5) is 5.69 Å². The molecule has 1 aromatic rings. The van der Waals surface area contributed by atoms with Crippen LogP contribution in [0.15, 0.2) is 32.0 Å². The van der Waals surface area contributed by atoms with Gasteiger partial charge in [-0.25, -0.2) is 0 Å². The standard InChI is InChI=1S/C10H9BrN2O2S/c11-8-2-1-3-9-10(8)16(14,15)12-6-13(9)7-4-5-7/h1-3,6-7H,4-5H2. The minimum atomic E-state index is -3.53. The Labute approximate surface area is 102 Å². The van der Waals surface area contributed by atoms with Crippen LogP contribution in [0.5, 0.6) is 0 Å². The molecule has 0 saturated heterocycles. The fourth-order valence-corrected chi connectivity index (χ4v) is 3.88. The molecule has 0 N–H and O–H groups in total. The van der Waals surface area contributed by atoms with E-state index in [1.165, 1.54) is 6.34 Å². The molecule has 1 saturated carbocycles. The van der Waals surface area contributed by atoms with Crippen LogP contribution in [0.25, 0.3) is 0 Å². The van der Waals surface area contributed by atoms with Crippen molar-refractivity contribution < 1.29 is 8.42 Å². The van der Waals surface area contributed by atoms with E-state index in [2.05, 4.69) is 20.3 Å². The van der Waals surface area contributed by atoms with E-state index in [4.69, 9.17) is 0 Å². The van der Waals surface area contributed by atoms with Crippen molar-refractivity contribution in [2.24, 2.45) is 4.40 Å². The molecule has 1 aromatic carbocycles. The average molecular weight is 301 g/mol. The fraction of sp³-hybridized carbons (Fsp3) is 0.300. The maximum Gasteiger partial charge on any atom is 0.286 e. The molecule has 0 spiro atoms. The molecule has 84 valence electrons. The summed E-state index contributed by atoms with van der Waals surface area (Å²) >= 11 is 3.27. The summed E-state index contributed by atoms with van der Waals surface area (Å²) in [6.07, 6.45) is 3.62. The monoisotopic (exact) mass is 300 g/mol. The van der Waals surface area contributed by atoms with Crippen molar-refractivity contribution in [2.45, 2.75) is 23.8 Å². The van der Waals surface area contributed by atoms with E-state index in [9.17, 15) is 8.42 Å². The van der Waals surface area contributed by atoms with Crippen molar-refractivity contribution in [1.29, 1.82) is 0 Å². The van der Waals surface area contributed by atoms with E-state index in [1.54, 1.807) is 6.07 Å². The van der Waals surface area contributed by atoms with Crippen LogP contribution in [0, 0.1) is 0 Å². The molecule has 0 atom stereocenters. The molecule has 0 aromatic heterocycles. The average Bonchev–Trinajstić information content (AvgIpc) is 3.01. The Kier molecular flexibility index (Phi) is 2.12. The lowest BCUT2D eigenvalue weighted by atomic mass is 10.3. The van der Waals surface area contributed by atoms with Crippen molar-refractivity contribution >= 4 is 38.0 Å². The molecule has 0 radical (unpaired) electrons. The van der Waals surface area contributed by atoms with Gasteiger partial charge in [0.15, 0.2) is 0 Å². The second-order valence-electron chi connectivity index (χ2n) is 3.92. The zero-order chi connectivity index (χ0) is 11.3. The molecule has 0 bridgehead atoms. The van der Waals surface area contributed by atoms with E-state index in [0.717, 1.165) is 18.5 Å². The molecular weight excluding hydrogens is 292 g/mol. The number of rotatable bonds is 1. The highest BCUT2D eigenvalue weighted by Crippen LogP contribution is 2.40. The van der Waals surface area contributed by atoms with Gasteiger partial charge in [-0.1, -0.05) is 6.07 Å². The quantitative estimate of drug-likeness (QED) is 0.798. The first-order chi connectivity index (χ1) is 7.59. The Morgan fingerprint density at radius 2 is 2.12 bits per heavy atom. The van der Waals surface area contributed by atoms with Gasteiger partial charge in [-0.3, -0.25) is 0 Å². The van der Waals surface area contributed by atoms with Crippen LogP contribution >= 0.6 is 15.9 Å². The molecular formula is C10H9BrN2O2S. The number of halogens is 1. The summed E-state index contributed by atoms with van der Waals surface area (Å²) in [6, 6.07) is 5.79. The van der Waals surface area contributed by atoms with E-state index in [0.29, 0.717) is 10.5 Å². The third kappa shape index (κ3) is 1.48. The highest BCUT2D eigenvalue weighted by Gasteiger charge is 2.35. The zero-order valence-electron chi connectivity index (χ0n) is 8.30. The SMILES string of the molecule is O=S1(=O)N=CN(C2CC2)c2cccc(Br)c21. The predicted molar refractivity (Wildman–Crippen MR) is 65.3 cm³/mol. The van der Waals surface area contributed by atoms with Gasteiger partial charge in [-0.2, -0.15) is 8.42 Å². The minimum Gasteiger partial charge on any atom is -0.327 e. The van der Waals surface area contributed by atoms with Gasteiger partial charge >= 0.3 is 0 Å². The van der Waals surface area contributed by atoms with Crippen molar-refractivity contribution in [1.82, 2.24) is 0 Å². The van der Waals surface area contributed by atoms with E-state index >= 15 is 0 Å². The summed E-state index contributed by atoms with van der Waals surface area (Å²) in [5.41, 5.74) is 0.729. The Morgan fingerprint density at radius 1 is 1.38 bits per heavy atom. The van der Waals surface area contributed by atoms with Crippen molar-refractivity contribution in [3.8, 4) is 0 Å². The molecule has 16 heavy (non-hydrogen) atoms. The normalized spacial score (nSPS) is 21.9. The molecule has 1 aliphatic carbocycles. The van der Waals surface area contributed by atoms with Crippen LogP contribution in [0.2, 0.25) is 0 Å². The lowest BCUT2D eigenvalue weighted by Crippen LogP contribution is -2.29. The third-order valence-electron chi connectivity index (χ3n) is 2.73. The van der Waals surface area contributed by atoms with Crippen LogP contribution in [-0.2, 0) is 10.0 Å². The number of sulfonamides is 1. The molecule has 6 heteroatoms. The smallest absolute Gasteiger partial charge is 0.286 e. The second kappa shape index (κ2) is 3.30. The predicted octanol–water partition coefficient (Wildman–Crippen LogP) is 2.15. The Bertz CT molecular complexity index is 578. The second-order valence-corrected chi connectivity index (χ2v) is 6.35. The topological polar surface area (TPSA) is 49.7 Å². The number of benzene rings is 1. The maximum atomic E-state index is 11.8. The van der Waals surface area contributed by atoms with Gasteiger partial charge in [0.2, 0.25) is 0 Å². The minimum absolute atomic E-state index is 0.282. The molecule has 0 unspecified atom stereocenters. The maximum absolute atomic E-state index is 11.8. The lowest BCUT2D eigenvalue weighted by molar-refractivity contribution is 0.596. The highest BCUT2D eigenvalue weighted by molar-refractivity contribution is 9.10. The first kappa shape index (κ1) is 10.3. The molecule has 1 heterocycles.